The van der Waals surface area contributed by atoms with Crippen molar-refractivity contribution in [1.82, 2.24) is 24.3 Å². The van der Waals surface area contributed by atoms with Crippen molar-refractivity contribution in [2.24, 2.45) is 0 Å². The van der Waals surface area contributed by atoms with Crippen LogP contribution in [0.2, 0.25) is 0 Å². The van der Waals surface area contributed by atoms with Crippen molar-refractivity contribution in [2.75, 3.05) is 6.79 Å². The minimum atomic E-state index is -0.471. The summed E-state index contributed by atoms with van der Waals surface area (Å²) in [5.74, 6) is 0.808. The summed E-state index contributed by atoms with van der Waals surface area (Å²) in [5, 5.41) is 12.0. The molecule has 0 fully saturated rings. The number of carbonyl (C=O) groups excluding carboxylic acids is 1. The van der Waals surface area contributed by atoms with E-state index < -0.39 is 5.91 Å². The number of nitrogens with one attached hydrogen (secondary N) is 2. The number of fused-ring (bicyclic) bond motifs is 3. The van der Waals surface area contributed by atoms with E-state index in [-0.39, 0.29) is 41.9 Å². The first-order chi connectivity index (χ1) is 18.0. The summed E-state index contributed by atoms with van der Waals surface area (Å²) in [4.78, 5) is 35.6. The van der Waals surface area contributed by atoms with Gasteiger partial charge in [-0.1, -0.05) is 12.1 Å². The van der Waals surface area contributed by atoms with Gasteiger partial charge in [0.2, 0.25) is 6.79 Å². The molecule has 2 N–H and O–H groups in total. The molecule has 37 heavy (non-hydrogen) atoms. The van der Waals surface area contributed by atoms with Gasteiger partial charge in [-0.05, 0) is 60.0 Å². The molecular weight excluding hydrogens is 472 g/mol. The number of hydrogen-bond donors (Lipinski definition) is 2. The summed E-state index contributed by atoms with van der Waals surface area (Å²) in [5.41, 5.74) is 3.07. The smallest absolute Gasteiger partial charge is 0.267 e. The molecule has 1 amide bonds. The maximum atomic E-state index is 13.5. The van der Waals surface area contributed by atoms with Gasteiger partial charge in [0.1, 0.15) is 16.8 Å². The van der Waals surface area contributed by atoms with Crippen LogP contribution in [0.5, 0.6) is 11.5 Å². The zero-order valence-electron chi connectivity index (χ0n) is 19.9. The first kappa shape index (κ1) is 22.5. The zero-order chi connectivity index (χ0) is 25.5. The number of amides is 1. The van der Waals surface area contributed by atoms with Gasteiger partial charge in [0.05, 0.1) is 17.5 Å². The Balaban J connectivity index is 1.46. The summed E-state index contributed by atoms with van der Waals surface area (Å²) < 4.78 is 13.8. The van der Waals surface area contributed by atoms with Crippen LogP contribution in [0.4, 0.5) is 0 Å². The van der Waals surface area contributed by atoms with E-state index in [1.54, 1.807) is 41.4 Å². The summed E-state index contributed by atoms with van der Waals surface area (Å²) in [6.45, 7) is 2.50. The molecule has 0 radical (unpaired) electrons. The van der Waals surface area contributed by atoms with E-state index in [0.717, 1.165) is 16.7 Å². The predicted octanol–water partition coefficient (Wildman–Crippen LogP) is 2.54. The van der Waals surface area contributed by atoms with Crippen molar-refractivity contribution in [1.29, 1.82) is 5.41 Å². The number of pyridine rings is 3. The maximum Gasteiger partial charge on any atom is 0.267 e. The Morgan fingerprint density at radius 1 is 1.05 bits per heavy atom. The van der Waals surface area contributed by atoms with E-state index in [2.05, 4.69) is 10.3 Å². The van der Waals surface area contributed by atoms with Crippen molar-refractivity contribution in [3.8, 4) is 11.5 Å². The van der Waals surface area contributed by atoms with Crippen molar-refractivity contribution in [3.05, 3.63) is 105 Å². The van der Waals surface area contributed by atoms with Gasteiger partial charge >= 0.3 is 0 Å². The van der Waals surface area contributed by atoms with Crippen LogP contribution in [-0.2, 0) is 13.1 Å². The van der Waals surface area contributed by atoms with Crippen LogP contribution in [-0.4, -0.2) is 31.6 Å². The highest BCUT2D eigenvalue weighted by Gasteiger charge is 2.19. The highest BCUT2D eigenvalue weighted by atomic mass is 16.7. The van der Waals surface area contributed by atoms with Gasteiger partial charge in [0, 0.05) is 25.1 Å². The summed E-state index contributed by atoms with van der Waals surface area (Å²) in [6.07, 6.45) is 4.97. The second kappa shape index (κ2) is 8.90. The van der Waals surface area contributed by atoms with Crippen LogP contribution in [0, 0.1) is 12.3 Å². The molecule has 0 spiro atoms. The van der Waals surface area contributed by atoms with Gasteiger partial charge in [-0.3, -0.25) is 24.4 Å². The monoisotopic (exact) mass is 494 g/mol. The highest BCUT2D eigenvalue weighted by molar-refractivity contribution is 5.96. The van der Waals surface area contributed by atoms with E-state index in [0.29, 0.717) is 22.8 Å². The van der Waals surface area contributed by atoms with Gasteiger partial charge in [-0.15, -0.1) is 0 Å². The second-order valence-electron chi connectivity index (χ2n) is 8.76. The molecule has 184 valence electrons. The van der Waals surface area contributed by atoms with E-state index in [1.807, 2.05) is 31.2 Å². The third-order valence-electron chi connectivity index (χ3n) is 6.36. The molecule has 0 bridgehead atoms. The molecule has 1 aromatic carbocycles. The second-order valence-corrected chi connectivity index (χ2v) is 8.76. The Morgan fingerprint density at radius 3 is 2.70 bits per heavy atom. The molecular formula is C27H22N6O4. The first-order valence-corrected chi connectivity index (χ1v) is 11.7. The lowest BCUT2D eigenvalue weighted by Gasteiger charge is -2.15. The minimum absolute atomic E-state index is 0.0441. The van der Waals surface area contributed by atoms with Gasteiger partial charge < -0.3 is 19.4 Å². The Hall–Kier alpha value is -4.99. The van der Waals surface area contributed by atoms with Crippen molar-refractivity contribution < 1.29 is 14.3 Å². The van der Waals surface area contributed by atoms with E-state index in [9.17, 15) is 9.59 Å². The van der Waals surface area contributed by atoms with Crippen LogP contribution < -0.4 is 25.8 Å². The number of nitrogens with zero attached hydrogens (tertiary/aromatic N) is 4. The molecule has 5 heterocycles. The van der Waals surface area contributed by atoms with Gasteiger partial charge in [-0.25, -0.2) is 4.98 Å². The van der Waals surface area contributed by atoms with Crippen LogP contribution in [0.25, 0.3) is 16.7 Å². The summed E-state index contributed by atoms with van der Waals surface area (Å²) in [6, 6.07) is 14.2. The fourth-order valence-electron chi connectivity index (χ4n) is 4.42. The SMILES string of the molecule is Cc1cccn2c(=O)c3cc(C(=O)NCc4ccc5c(c4)OCO5)c(=N)n(Cc4ccncc4)c3nc12. The van der Waals surface area contributed by atoms with E-state index >= 15 is 0 Å². The third-order valence-corrected chi connectivity index (χ3v) is 6.36. The molecule has 0 atom stereocenters. The molecule has 0 saturated heterocycles. The Bertz CT molecular complexity index is 1810. The predicted molar refractivity (Wildman–Crippen MR) is 135 cm³/mol. The number of aromatic nitrogens is 4. The highest BCUT2D eigenvalue weighted by Crippen LogP contribution is 2.32. The van der Waals surface area contributed by atoms with Gasteiger partial charge in [0.15, 0.2) is 11.5 Å². The lowest BCUT2D eigenvalue weighted by Crippen LogP contribution is -2.35. The molecule has 1 aliphatic heterocycles. The van der Waals surface area contributed by atoms with Crippen LogP contribution in [0.15, 0.2) is 71.9 Å². The van der Waals surface area contributed by atoms with E-state index in [1.165, 1.54) is 10.5 Å². The number of rotatable bonds is 5. The normalized spacial score (nSPS) is 12.2. The molecule has 10 heteroatoms. The standard InChI is InChI=1S/C27H22N6O4/c1-16-3-2-10-32-24(16)31-25-20(27(32)35)12-19(23(28)33(25)14-17-6-8-29-9-7-17)26(34)30-13-18-4-5-21-22(11-18)37-15-36-21/h2-12,28H,13-15H2,1H3,(H,30,34). The maximum absolute atomic E-state index is 13.5. The number of aryl methyl sites for hydroxylation is 1. The number of carbonyl (C=O) groups is 1. The molecule has 6 rings (SSSR count). The molecule has 0 aliphatic carbocycles. The number of ether oxygens (including phenoxy) is 2. The number of benzene rings is 1. The Morgan fingerprint density at radius 2 is 1.86 bits per heavy atom. The van der Waals surface area contributed by atoms with Crippen LogP contribution in [0.3, 0.4) is 0 Å². The molecule has 5 aromatic rings. The molecule has 10 nitrogen and oxygen atoms in total. The molecule has 4 aromatic heterocycles. The molecule has 0 saturated carbocycles. The van der Waals surface area contributed by atoms with Gasteiger partial charge in [0.25, 0.3) is 11.5 Å². The zero-order valence-corrected chi connectivity index (χ0v) is 19.9. The fourth-order valence-corrected chi connectivity index (χ4v) is 4.42. The Labute approximate surface area is 210 Å². The fraction of sp³-hybridized carbons (Fsp3) is 0.148. The lowest BCUT2D eigenvalue weighted by atomic mass is 10.1. The van der Waals surface area contributed by atoms with Crippen LogP contribution >= 0.6 is 0 Å². The molecule has 1 aliphatic rings. The number of hydrogen-bond acceptors (Lipinski definition) is 7. The topological polar surface area (TPSA) is 124 Å². The van der Waals surface area contributed by atoms with Crippen LogP contribution in [0.1, 0.15) is 27.0 Å². The first-order valence-electron chi connectivity index (χ1n) is 11.7. The minimum Gasteiger partial charge on any atom is -0.454 e. The summed E-state index contributed by atoms with van der Waals surface area (Å²) in [7, 11) is 0. The Kier molecular flexibility index (Phi) is 5.41. The average Bonchev–Trinajstić information content (AvgIpc) is 3.38. The largest absolute Gasteiger partial charge is 0.454 e. The van der Waals surface area contributed by atoms with Crippen molar-refractivity contribution >= 4 is 22.6 Å². The van der Waals surface area contributed by atoms with Crippen molar-refractivity contribution in [3.63, 3.8) is 0 Å². The third kappa shape index (κ3) is 3.98. The average molecular weight is 495 g/mol. The van der Waals surface area contributed by atoms with E-state index in [4.69, 9.17) is 19.9 Å². The van der Waals surface area contributed by atoms with Crippen molar-refractivity contribution in [2.45, 2.75) is 20.0 Å². The van der Waals surface area contributed by atoms with Gasteiger partial charge in [-0.2, -0.15) is 0 Å². The quantitative estimate of drug-likeness (QED) is 0.362. The molecule has 0 unspecified atom stereocenters. The summed E-state index contributed by atoms with van der Waals surface area (Å²) >= 11 is 0. The lowest BCUT2D eigenvalue weighted by molar-refractivity contribution is 0.0948.